The minimum Gasteiger partial charge on any atom is -0.504 e. The van der Waals surface area contributed by atoms with E-state index in [2.05, 4.69) is 0 Å². The Balaban J connectivity index is 1.65. The molecule has 2 fully saturated rings. The van der Waals surface area contributed by atoms with Crippen molar-refractivity contribution in [2.24, 2.45) is 0 Å². The molecule has 2 atom stereocenters. The van der Waals surface area contributed by atoms with E-state index in [1.165, 1.54) is 0 Å². The van der Waals surface area contributed by atoms with Crippen LogP contribution in [0, 0.1) is 0 Å². The summed E-state index contributed by atoms with van der Waals surface area (Å²) >= 11 is 0. The molecule has 32 heavy (non-hydrogen) atoms. The zero-order valence-corrected chi connectivity index (χ0v) is 17.3. The number of ether oxygens (including phenoxy) is 4. The van der Waals surface area contributed by atoms with E-state index in [9.17, 15) is 10.2 Å². The number of hydrogen-bond acceptors (Lipinski definition) is 6. The van der Waals surface area contributed by atoms with E-state index in [-0.39, 0.29) is 23.7 Å². The highest BCUT2D eigenvalue weighted by Crippen LogP contribution is 2.52. The van der Waals surface area contributed by atoms with E-state index in [1.54, 1.807) is 12.1 Å². The summed E-state index contributed by atoms with van der Waals surface area (Å²) in [6.45, 7) is 1.96. The van der Waals surface area contributed by atoms with E-state index < -0.39 is 0 Å². The van der Waals surface area contributed by atoms with Crippen molar-refractivity contribution in [2.75, 3.05) is 26.4 Å². The van der Waals surface area contributed by atoms with E-state index in [0.29, 0.717) is 49.1 Å². The Morgan fingerprint density at radius 1 is 0.688 bits per heavy atom. The molecule has 6 rings (SSSR count). The van der Waals surface area contributed by atoms with Crippen molar-refractivity contribution in [3.05, 3.63) is 60.7 Å². The van der Waals surface area contributed by atoms with Gasteiger partial charge in [0.1, 0.15) is 25.4 Å². The number of phenols is 2. The molecule has 0 bridgehead atoms. The minimum absolute atomic E-state index is 0.0253. The molecule has 2 heterocycles. The topological polar surface area (TPSA) is 84.0 Å². The van der Waals surface area contributed by atoms with Gasteiger partial charge in [0, 0.05) is 11.1 Å². The molecule has 0 aromatic heterocycles. The Morgan fingerprint density at radius 2 is 1.09 bits per heavy atom. The number of aromatic hydroxyl groups is 2. The normalized spacial score (nSPS) is 19.2. The maximum absolute atomic E-state index is 11.0. The monoisotopic (exact) mass is 430 g/mol. The van der Waals surface area contributed by atoms with Crippen molar-refractivity contribution in [1.29, 1.82) is 0 Å². The van der Waals surface area contributed by atoms with E-state index in [4.69, 9.17) is 18.9 Å². The third-order valence-electron chi connectivity index (χ3n) is 5.85. The molecule has 0 aliphatic carbocycles. The quantitative estimate of drug-likeness (QED) is 0.416. The average molecular weight is 430 g/mol. The van der Waals surface area contributed by atoms with Crippen molar-refractivity contribution in [3.8, 4) is 34.1 Å². The largest absolute Gasteiger partial charge is 0.504 e. The van der Waals surface area contributed by atoms with Crippen LogP contribution >= 0.6 is 0 Å². The molecule has 0 radical (unpaired) electrons. The highest BCUT2D eigenvalue weighted by Gasteiger charge is 2.29. The second kappa shape index (κ2) is 7.58. The molecule has 6 heteroatoms. The summed E-state index contributed by atoms with van der Waals surface area (Å²) < 4.78 is 22.8. The van der Waals surface area contributed by atoms with Crippen LogP contribution in [0.25, 0.3) is 32.7 Å². The van der Waals surface area contributed by atoms with Gasteiger partial charge in [-0.2, -0.15) is 0 Å². The first-order valence-electron chi connectivity index (χ1n) is 10.7. The lowest BCUT2D eigenvalue weighted by atomic mass is 9.91. The molecule has 6 nitrogen and oxygen atoms in total. The second-order valence-electron chi connectivity index (χ2n) is 8.17. The fourth-order valence-corrected chi connectivity index (χ4v) is 4.10. The number of hydrogen-bond donors (Lipinski definition) is 2. The first-order valence-corrected chi connectivity index (χ1v) is 10.7. The van der Waals surface area contributed by atoms with Crippen LogP contribution < -0.4 is 9.47 Å². The Bertz CT molecular complexity index is 1220. The van der Waals surface area contributed by atoms with Crippen LogP contribution in [0.5, 0.6) is 23.0 Å². The maximum atomic E-state index is 11.0. The summed E-state index contributed by atoms with van der Waals surface area (Å²) in [6, 6.07) is 19.0. The van der Waals surface area contributed by atoms with E-state index >= 15 is 0 Å². The van der Waals surface area contributed by atoms with Gasteiger partial charge in [-0.25, -0.2) is 0 Å². The van der Waals surface area contributed by atoms with Crippen LogP contribution in [0.1, 0.15) is 0 Å². The van der Waals surface area contributed by atoms with Gasteiger partial charge in [0.2, 0.25) is 0 Å². The zero-order valence-electron chi connectivity index (χ0n) is 17.3. The second-order valence-corrected chi connectivity index (χ2v) is 8.17. The molecule has 0 spiro atoms. The number of epoxide rings is 2. The third kappa shape index (κ3) is 3.47. The van der Waals surface area contributed by atoms with Gasteiger partial charge in [0.05, 0.1) is 13.2 Å². The van der Waals surface area contributed by atoms with Crippen LogP contribution in [-0.4, -0.2) is 48.8 Å². The average Bonchev–Trinajstić information content (AvgIpc) is 3.71. The fourth-order valence-electron chi connectivity index (χ4n) is 4.10. The number of fused-ring (bicyclic) bond motifs is 2. The molecule has 0 amide bonds. The molecule has 4 aromatic carbocycles. The molecule has 2 N–H and O–H groups in total. The lowest BCUT2D eigenvalue weighted by Crippen LogP contribution is -2.08. The predicted octanol–water partition coefficient (Wildman–Crippen LogP) is 4.63. The number of benzene rings is 4. The molecule has 162 valence electrons. The van der Waals surface area contributed by atoms with Crippen molar-refractivity contribution in [3.63, 3.8) is 0 Å². The van der Waals surface area contributed by atoms with Gasteiger partial charge in [-0.1, -0.05) is 48.5 Å². The van der Waals surface area contributed by atoms with Crippen LogP contribution in [0.2, 0.25) is 0 Å². The lowest BCUT2D eigenvalue weighted by Gasteiger charge is -2.21. The molecule has 0 saturated carbocycles. The van der Waals surface area contributed by atoms with Crippen LogP contribution in [0.3, 0.4) is 0 Å². The molecule has 2 unspecified atom stereocenters. The minimum atomic E-state index is 0.0253. The van der Waals surface area contributed by atoms with Crippen molar-refractivity contribution in [2.45, 2.75) is 12.2 Å². The maximum Gasteiger partial charge on any atom is 0.169 e. The highest BCUT2D eigenvalue weighted by molar-refractivity contribution is 6.11. The zero-order chi connectivity index (χ0) is 21.7. The number of rotatable bonds is 7. The predicted molar refractivity (Wildman–Crippen MR) is 121 cm³/mol. The van der Waals surface area contributed by atoms with Crippen LogP contribution in [0.15, 0.2) is 60.7 Å². The SMILES string of the molecule is Oc1cc2ccccc2c(-c2c(OCC3CO3)c(O)cc3ccccc23)c1OCC1CO1. The lowest BCUT2D eigenvalue weighted by molar-refractivity contribution is 0.252. The molecule has 4 aromatic rings. The number of phenolic OH excluding ortho intramolecular Hbond substituents is 2. The Labute approximate surface area is 184 Å². The smallest absolute Gasteiger partial charge is 0.169 e. The highest BCUT2D eigenvalue weighted by atomic mass is 16.6. The van der Waals surface area contributed by atoms with Gasteiger partial charge < -0.3 is 29.2 Å². The Morgan fingerprint density at radius 3 is 1.50 bits per heavy atom. The first-order chi connectivity index (χ1) is 15.7. The fraction of sp³-hybridized carbons (Fsp3) is 0.231. The summed E-state index contributed by atoms with van der Waals surface area (Å²) in [5.74, 6) is 0.761. The summed E-state index contributed by atoms with van der Waals surface area (Å²) in [4.78, 5) is 0. The summed E-state index contributed by atoms with van der Waals surface area (Å²) in [7, 11) is 0. The Hall–Kier alpha value is -3.48. The van der Waals surface area contributed by atoms with E-state index in [0.717, 1.165) is 21.5 Å². The summed E-state index contributed by atoms with van der Waals surface area (Å²) in [5, 5.41) is 25.4. The Kier molecular flexibility index (Phi) is 4.56. The van der Waals surface area contributed by atoms with Gasteiger partial charge in [-0.05, 0) is 33.7 Å². The summed E-state index contributed by atoms with van der Waals surface area (Å²) in [6.07, 6.45) is 0.0507. The molecule has 2 aliphatic rings. The third-order valence-corrected chi connectivity index (χ3v) is 5.85. The summed E-state index contributed by atoms with van der Waals surface area (Å²) in [5.41, 5.74) is 1.36. The van der Waals surface area contributed by atoms with Crippen molar-refractivity contribution < 1.29 is 29.2 Å². The van der Waals surface area contributed by atoms with Crippen molar-refractivity contribution in [1.82, 2.24) is 0 Å². The van der Waals surface area contributed by atoms with Gasteiger partial charge in [-0.3, -0.25) is 0 Å². The molecular weight excluding hydrogens is 408 g/mol. The van der Waals surface area contributed by atoms with Gasteiger partial charge in [-0.15, -0.1) is 0 Å². The van der Waals surface area contributed by atoms with E-state index in [1.807, 2.05) is 48.5 Å². The van der Waals surface area contributed by atoms with Gasteiger partial charge in [0.15, 0.2) is 23.0 Å². The first kappa shape index (κ1) is 19.2. The van der Waals surface area contributed by atoms with Crippen LogP contribution in [-0.2, 0) is 9.47 Å². The molecular formula is C26H22O6. The van der Waals surface area contributed by atoms with Gasteiger partial charge in [0.25, 0.3) is 0 Å². The molecule has 2 saturated heterocycles. The van der Waals surface area contributed by atoms with Gasteiger partial charge >= 0.3 is 0 Å². The van der Waals surface area contributed by atoms with Crippen LogP contribution in [0.4, 0.5) is 0 Å². The molecule has 2 aliphatic heterocycles. The van der Waals surface area contributed by atoms with Crippen molar-refractivity contribution >= 4 is 21.5 Å². The standard InChI is InChI=1S/C26H22O6/c27-21-9-15-5-1-3-7-19(15)23(25(21)31-13-17-11-29-17)24-20-8-4-2-6-16(20)10-22(28)26(24)32-14-18-12-30-18/h1-10,17-18,27-28H,11-14H2.